The first-order valence-electron chi connectivity index (χ1n) is 12.3. The quantitative estimate of drug-likeness (QED) is 0.111. The van der Waals surface area contributed by atoms with Crippen LogP contribution in [0.1, 0.15) is 17.4 Å². The lowest BCUT2D eigenvalue weighted by Gasteiger charge is -2.18. The Balaban J connectivity index is 1.43. The van der Waals surface area contributed by atoms with Crippen molar-refractivity contribution < 1.29 is 26.7 Å². The minimum Gasteiger partial charge on any atom is -0.618 e. The average molecular weight is 615 g/mol. The summed E-state index contributed by atoms with van der Waals surface area (Å²) in [6.45, 7) is -0.245. The number of rotatable bonds is 7. The Labute approximate surface area is 243 Å². The van der Waals surface area contributed by atoms with Gasteiger partial charge in [-0.15, -0.1) is 5.10 Å². The maximum atomic E-state index is 15.3. The molecule has 11 nitrogen and oxygen atoms in total. The molecule has 0 N–H and O–H groups in total. The second-order valence-electron chi connectivity index (χ2n) is 9.19. The van der Waals surface area contributed by atoms with Crippen LogP contribution < -0.4 is 4.73 Å². The van der Waals surface area contributed by atoms with E-state index in [1.807, 2.05) is 0 Å². The highest BCUT2D eigenvalue weighted by atomic mass is 35.5. The second kappa shape index (κ2) is 10.9. The molecule has 0 radical (unpaired) electrons. The number of hydrogen-bond donors (Lipinski definition) is 0. The van der Waals surface area contributed by atoms with Crippen molar-refractivity contribution in [1.82, 2.24) is 44.8 Å². The van der Waals surface area contributed by atoms with Crippen LogP contribution in [-0.4, -0.2) is 44.8 Å². The van der Waals surface area contributed by atoms with E-state index in [1.54, 1.807) is 6.07 Å². The third-order valence-electron chi connectivity index (χ3n) is 6.52. The molecular weight excluding hydrogens is 599 g/mol. The number of tetrazole rings is 1. The number of aromatic nitrogens is 10. The molecule has 0 aliphatic heterocycles. The molecule has 0 aliphatic rings. The fourth-order valence-corrected chi connectivity index (χ4v) is 4.68. The predicted molar refractivity (Wildman–Crippen MR) is 139 cm³/mol. The molecule has 6 aromatic rings. The first-order chi connectivity index (χ1) is 20.6. The van der Waals surface area contributed by atoms with Crippen LogP contribution in [0.5, 0.6) is 0 Å². The standard InChI is InChI=1S/C26H16ClF5N10O/c27-18-2-4-20(41-14-34-37-38-41)24(25(18)29)16-1-3-19(42(43)12-16)21(13-39-8-6-22(36-39)26(30,31)32)40-11-17(10-35-40)15-5-7-33-23(28)9-15/h1-12,14,21H,13H2. The lowest BCUT2D eigenvalue weighted by atomic mass is 10.0. The molecule has 5 heterocycles. The van der Waals surface area contributed by atoms with E-state index in [1.165, 1.54) is 64.6 Å². The molecule has 5 aromatic heterocycles. The molecule has 1 unspecified atom stereocenters. The second-order valence-corrected chi connectivity index (χ2v) is 9.60. The van der Waals surface area contributed by atoms with Crippen LogP contribution in [0.3, 0.4) is 0 Å². The molecule has 1 aromatic carbocycles. The van der Waals surface area contributed by atoms with Gasteiger partial charge in [0.1, 0.15) is 6.33 Å². The van der Waals surface area contributed by atoms with Gasteiger partial charge in [-0.3, -0.25) is 9.36 Å². The van der Waals surface area contributed by atoms with Crippen LogP contribution in [0.25, 0.3) is 27.9 Å². The Morgan fingerprint density at radius 3 is 2.56 bits per heavy atom. The zero-order chi connectivity index (χ0) is 30.3. The smallest absolute Gasteiger partial charge is 0.435 e. The van der Waals surface area contributed by atoms with E-state index < -0.39 is 29.7 Å². The average Bonchev–Trinajstić information content (AvgIpc) is 3.75. The maximum Gasteiger partial charge on any atom is 0.435 e. The topological polar surface area (TPSA) is 119 Å². The van der Waals surface area contributed by atoms with Crippen LogP contribution in [0.4, 0.5) is 22.0 Å². The fraction of sp³-hybridized carbons (Fsp3) is 0.115. The molecule has 0 bridgehead atoms. The van der Waals surface area contributed by atoms with Gasteiger partial charge < -0.3 is 5.21 Å². The monoisotopic (exact) mass is 614 g/mol. The number of nitrogens with zero attached hydrogens (tertiary/aromatic N) is 10. The van der Waals surface area contributed by atoms with Gasteiger partial charge in [-0.1, -0.05) is 11.6 Å². The van der Waals surface area contributed by atoms with Gasteiger partial charge in [-0.25, -0.2) is 9.37 Å². The van der Waals surface area contributed by atoms with Crippen LogP contribution >= 0.6 is 11.6 Å². The van der Waals surface area contributed by atoms with Gasteiger partial charge in [0.25, 0.3) is 0 Å². The van der Waals surface area contributed by atoms with Gasteiger partial charge in [0.05, 0.1) is 34.6 Å². The third-order valence-corrected chi connectivity index (χ3v) is 6.81. The molecule has 218 valence electrons. The summed E-state index contributed by atoms with van der Waals surface area (Å²) in [7, 11) is 0. The van der Waals surface area contributed by atoms with E-state index in [-0.39, 0.29) is 34.1 Å². The summed E-state index contributed by atoms with van der Waals surface area (Å²) in [5, 5.41) is 32.1. The van der Waals surface area contributed by atoms with E-state index in [0.717, 1.165) is 23.1 Å². The molecule has 1 atom stereocenters. The minimum atomic E-state index is -4.68. The van der Waals surface area contributed by atoms with Crippen LogP contribution in [0.15, 0.2) is 79.8 Å². The zero-order valence-corrected chi connectivity index (χ0v) is 22.2. The highest BCUT2D eigenvalue weighted by Crippen LogP contribution is 2.34. The van der Waals surface area contributed by atoms with Crippen LogP contribution in [0, 0.1) is 17.0 Å². The molecule has 0 amide bonds. The Bertz CT molecular complexity index is 1920. The molecule has 43 heavy (non-hydrogen) atoms. The SMILES string of the molecule is [O-][n+]1cc(-c2c(-n3cnnn3)ccc(Cl)c2F)ccc1C(Cn1ccc(C(F)(F)F)n1)n1cc(-c2ccnc(F)c2)cn1. The van der Waals surface area contributed by atoms with E-state index in [4.69, 9.17) is 11.6 Å². The Hall–Kier alpha value is -5.25. The van der Waals surface area contributed by atoms with Gasteiger partial charge in [-0.2, -0.15) is 37.2 Å². The third kappa shape index (κ3) is 5.51. The lowest BCUT2D eigenvalue weighted by molar-refractivity contribution is -0.615. The van der Waals surface area contributed by atoms with Crippen molar-refractivity contribution in [2.75, 3.05) is 0 Å². The van der Waals surface area contributed by atoms with Crippen molar-refractivity contribution in [3.05, 3.63) is 113 Å². The number of pyridine rings is 2. The highest BCUT2D eigenvalue weighted by Gasteiger charge is 2.34. The van der Waals surface area contributed by atoms with Crippen molar-refractivity contribution in [3.8, 4) is 27.9 Å². The first kappa shape index (κ1) is 27.9. The molecule has 0 fully saturated rings. The summed E-state index contributed by atoms with van der Waals surface area (Å²) in [5.74, 6) is -1.54. The van der Waals surface area contributed by atoms with E-state index in [0.29, 0.717) is 15.9 Å². The largest absolute Gasteiger partial charge is 0.618 e. The highest BCUT2D eigenvalue weighted by molar-refractivity contribution is 6.31. The number of hydrogen-bond acceptors (Lipinski definition) is 7. The molecule has 0 spiro atoms. The van der Waals surface area contributed by atoms with Crippen molar-refractivity contribution >= 4 is 11.6 Å². The number of benzene rings is 1. The molecular formula is C26H16ClF5N10O. The molecule has 17 heteroatoms. The molecule has 6 rings (SSSR count). The summed E-state index contributed by atoms with van der Waals surface area (Å²) in [6, 6.07) is 8.17. The Kier molecular flexibility index (Phi) is 7.05. The van der Waals surface area contributed by atoms with Gasteiger partial charge in [0.2, 0.25) is 11.6 Å². The Morgan fingerprint density at radius 2 is 1.86 bits per heavy atom. The van der Waals surface area contributed by atoms with E-state index in [2.05, 4.69) is 30.7 Å². The number of alkyl halides is 3. The van der Waals surface area contributed by atoms with Crippen molar-refractivity contribution in [1.29, 1.82) is 0 Å². The molecule has 0 saturated heterocycles. The maximum absolute atomic E-state index is 15.3. The normalized spacial score (nSPS) is 12.5. The van der Waals surface area contributed by atoms with E-state index >= 15 is 4.39 Å². The summed E-state index contributed by atoms with van der Waals surface area (Å²) in [6.07, 6.45) is 2.97. The summed E-state index contributed by atoms with van der Waals surface area (Å²) >= 11 is 6.04. The fourth-order valence-electron chi connectivity index (χ4n) is 4.52. The van der Waals surface area contributed by atoms with E-state index in [9.17, 15) is 22.8 Å². The predicted octanol–water partition coefficient (Wildman–Crippen LogP) is 4.66. The van der Waals surface area contributed by atoms with Crippen LogP contribution in [0.2, 0.25) is 5.02 Å². The van der Waals surface area contributed by atoms with Gasteiger partial charge in [-0.05, 0) is 46.3 Å². The summed E-state index contributed by atoms with van der Waals surface area (Å²) in [5.41, 5.74) is 0.0853. The Morgan fingerprint density at radius 1 is 1.02 bits per heavy atom. The van der Waals surface area contributed by atoms with Gasteiger partial charge >= 0.3 is 6.18 Å². The zero-order valence-electron chi connectivity index (χ0n) is 21.4. The lowest BCUT2D eigenvalue weighted by Crippen LogP contribution is -2.37. The van der Waals surface area contributed by atoms with Crippen molar-refractivity contribution in [2.45, 2.75) is 18.8 Å². The summed E-state index contributed by atoms with van der Waals surface area (Å²) in [4.78, 5) is 3.52. The van der Waals surface area contributed by atoms with Gasteiger partial charge in [0, 0.05) is 36.3 Å². The van der Waals surface area contributed by atoms with Gasteiger partial charge in [0.15, 0.2) is 23.7 Å². The first-order valence-corrected chi connectivity index (χ1v) is 12.7. The van der Waals surface area contributed by atoms with Crippen molar-refractivity contribution in [3.63, 3.8) is 0 Å². The molecule has 0 saturated carbocycles. The summed E-state index contributed by atoms with van der Waals surface area (Å²) < 4.78 is 72.8. The van der Waals surface area contributed by atoms with Crippen molar-refractivity contribution in [2.24, 2.45) is 0 Å². The minimum absolute atomic E-state index is 0.0368. The molecule has 0 aliphatic carbocycles. The number of halogens is 6. The van der Waals surface area contributed by atoms with Crippen LogP contribution in [-0.2, 0) is 12.7 Å².